The fourth-order valence-electron chi connectivity index (χ4n) is 12.1. The quantitative estimate of drug-likeness (QED) is 0.106. The summed E-state index contributed by atoms with van der Waals surface area (Å²) < 4.78 is 29.5. The van der Waals surface area contributed by atoms with E-state index in [4.69, 9.17) is 32.9 Å². The predicted octanol–water partition coefficient (Wildman–Crippen LogP) is 18.3. The van der Waals surface area contributed by atoms with Crippen molar-refractivity contribution < 1.29 is 23.8 Å². The van der Waals surface area contributed by atoms with Crippen LogP contribution in [0.2, 0.25) is 0 Å². The molecule has 94 heavy (non-hydrogen) atoms. The second kappa shape index (κ2) is 21.6. The van der Waals surface area contributed by atoms with Crippen LogP contribution in [0.15, 0.2) is 85.6 Å². The highest BCUT2D eigenvalue weighted by Gasteiger charge is 2.42. The van der Waals surface area contributed by atoms with Gasteiger partial charge < -0.3 is 14.2 Å². The van der Waals surface area contributed by atoms with Gasteiger partial charge in [0.1, 0.15) is 111 Å². The third-order valence-corrected chi connectivity index (χ3v) is 26.0. The normalized spacial score (nSPS) is 15.3. The molecule has 8 aromatic heterocycles. The number of methoxy groups -OCH3 is 1. The van der Waals surface area contributed by atoms with Crippen LogP contribution in [0.25, 0.3) is 92.9 Å². The molecule has 446 valence electrons. The molecule has 2 aromatic carbocycles. The Morgan fingerprint density at radius 2 is 0.904 bits per heavy atom. The summed E-state index contributed by atoms with van der Waals surface area (Å²) in [7, 11) is 1.56. The minimum absolute atomic E-state index is 0.00219. The first-order chi connectivity index (χ1) is 45.3. The number of nitrogens with zero attached hydrogens (tertiary/aromatic N) is 12. The number of aromatic nitrogens is 2. The van der Waals surface area contributed by atoms with Gasteiger partial charge in [0, 0.05) is 71.3 Å². The van der Waals surface area contributed by atoms with Gasteiger partial charge in [0.05, 0.1) is 106 Å². The molecule has 10 aromatic rings. The van der Waals surface area contributed by atoms with Gasteiger partial charge in [-0.2, -0.15) is 50.8 Å². The molecule has 25 heteroatoms. The number of fused-ring (bicyclic) bond motifs is 10. The minimum Gasteiger partial charge on any atom is -0.495 e. The number of ether oxygens (including phenoxy) is 3. The SMILES string of the molecule is COc1cc(/C=C2\C(=O)c3cc(C#N)c(C#N)cc3C2=C(C#N)C#N)sc1-c1cc2c(s1)-c1sc(-c3sc(-c4cc5c(s4)-c4sc(-c6sc(/C=C7\C(=O)c8cc(C#N)c(C#N)cc8C7=C(C#N)C#N)c7nc(C)c(C)nc67)cc4OC5(C)C)c4c3N=S=N4)cc1C(C)(C)O2. The highest BCUT2D eigenvalue weighted by molar-refractivity contribution is 7.58. The Morgan fingerprint density at radius 1 is 0.479 bits per heavy atom. The second-order valence-corrected chi connectivity index (χ2v) is 30.6. The van der Waals surface area contributed by atoms with Gasteiger partial charge in [0.15, 0.2) is 11.6 Å². The Morgan fingerprint density at radius 3 is 1.36 bits per heavy atom. The molecule has 11 heterocycles. The molecule has 0 amide bonds. The Labute approximate surface area is 565 Å². The predicted molar refractivity (Wildman–Crippen MR) is 365 cm³/mol. The van der Waals surface area contributed by atoms with E-state index in [-0.39, 0.29) is 77.9 Å². The summed E-state index contributed by atoms with van der Waals surface area (Å²) in [4.78, 5) is 50.8. The van der Waals surface area contributed by atoms with Crippen molar-refractivity contribution in [3.63, 3.8) is 0 Å². The average Bonchev–Trinajstić information content (AvgIpc) is 1.58. The van der Waals surface area contributed by atoms with E-state index in [1.807, 2.05) is 102 Å². The van der Waals surface area contributed by atoms with E-state index in [9.17, 15) is 51.7 Å². The van der Waals surface area contributed by atoms with E-state index in [2.05, 4.69) is 12.1 Å². The summed E-state index contributed by atoms with van der Waals surface area (Å²) in [6.45, 7) is 11.9. The zero-order valence-corrected chi connectivity index (χ0v) is 56.1. The van der Waals surface area contributed by atoms with Crippen molar-refractivity contribution in [3.05, 3.63) is 154 Å². The number of aryl methyl sites for hydroxylation is 2. The van der Waals surface area contributed by atoms with E-state index >= 15 is 0 Å². The maximum Gasteiger partial charge on any atom is 0.194 e. The maximum absolute atomic E-state index is 14.4. The zero-order valence-electron chi connectivity index (χ0n) is 49.5. The number of Topliss-reactive ketones (excluding diaryl/α,β-unsaturated/α-hetero) is 2. The number of hydrogen-bond donors (Lipinski definition) is 0. The summed E-state index contributed by atoms with van der Waals surface area (Å²) in [6.07, 6.45) is 3.25. The Kier molecular flexibility index (Phi) is 13.7. The van der Waals surface area contributed by atoms with Crippen LogP contribution in [0, 0.1) is 104 Å². The fourth-order valence-corrected chi connectivity index (χ4v) is 21.6. The molecule has 5 aliphatic rings. The highest BCUT2D eigenvalue weighted by atomic mass is 32.1. The largest absolute Gasteiger partial charge is 0.495 e. The number of rotatable bonds is 7. The number of carbonyl (C=O) groups excluding carboxylic acids is 2. The molecule has 0 saturated carbocycles. The summed E-state index contributed by atoms with van der Waals surface area (Å²) in [5.74, 6) is 0.933. The Hall–Kier alpha value is -10.9. The molecule has 2 aliphatic carbocycles. The molecule has 17 nitrogen and oxygen atoms in total. The number of benzene rings is 2. The number of nitriles is 8. The zero-order chi connectivity index (χ0) is 65.7. The number of ketones is 2. The molecule has 0 bridgehead atoms. The standard InChI is InChI=1S/C69H32N12O5S8/c1-27-28(2)79-55-54(78-27)47(14-41-53(34(25-76)26-77)37-9-30(20-71)32(22-73)11-39(37)59(41)83)88-65(55)51-18-46-64(92-51)61-43(69(5,6)86-46)16-49(90-61)67-57-56(80-94-81-57)66(93-67)48-15-42-60(89-48)63-45(85-68(42,3)4)17-50(91-63)62-44(84-7)13-35(87-62)12-40-52(33(23-74)24-75)36-8-29(19-70)31(21-72)10-38(36)58(40)82/h8-18H,1-7H3/b40-12-,41-14-. The molecular formula is C69H32N12O5S8. The van der Waals surface area contributed by atoms with Crippen LogP contribution in [-0.2, 0) is 22.6 Å². The van der Waals surface area contributed by atoms with E-state index in [1.54, 1.807) is 82.0 Å². The third-order valence-electron chi connectivity index (χ3n) is 16.6. The molecule has 0 N–H and O–H groups in total. The van der Waals surface area contributed by atoms with Crippen LogP contribution in [0.1, 0.15) is 114 Å². The molecule has 3 aliphatic heterocycles. The first-order valence-corrected chi connectivity index (χ1v) is 34.5. The van der Waals surface area contributed by atoms with Crippen molar-refractivity contribution in [2.75, 3.05) is 7.11 Å². The topological polar surface area (TPSA) is 303 Å². The van der Waals surface area contributed by atoms with Crippen LogP contribution in [-0.4, -0.2) is 28.6 Å². The van der Waals surface area contributed by atoms with Crippen molar-refractivity contribution >= 4 is 148 Å². The lowest BCUT2D eigenvalue weighted by molar-refractivity contribution is 0.103. The van der Waals surface area contributed by atoms with Gasteiger partial charge in [-0.15, -0.1) is 79.4 Å². The van der Waals surface area contributed by atoms with Gasteiger partial charge in [0.25, 0.3) is 0 Å². The average molecular weight is 1370 g/mol. The Bertz CT molecular complexity index is 5880. The van der Waals surface area contributed by atoms with Crippen molar-refractivity contribution in [1.29, 1.82) is 42.1 Å². The summed E-state index contributed by atoms with van der Waals surface area (Å²) in [5.41, 5.74) is 5.04. The molecule has 0 radical (unpaired) electrons. The maximum atomic E-state index is 14.4. The van der Waals surface area contributed by atoms with Crippen LogP contribution >= 0.6 is 79.4 Å². The van der Waals surface area contributed by atoms with E-state index in [0.29, 0.717) is 49.4 Å². The van der Waals surface area contributed by atoms with Crippen LogP contribution in [0.4, 0.5) is 11.4 Å². The van der Waals surface area contributed by atoms with Gasteiger partial charge in [-0.05, 0) is 107 Å². The van der Waals surface area contributed by atoms with Gasteiger partial charge in [-0.3, -0.25) is 9.59 Å². The van der Waals surface area contributed by atoms with Crippen molar-refractivity contribution in [1.82, 2.24) is 9.97 Å². The number of carbonyl (C=O) groups is 2. The third kappa shape index (κ3) is 8.81. The van der Waals surface area contributed by atoms with Crippen molar-refractivity contribution in [3.8, 4) is 124 Å². The number of hydrogen-bond acceptors (Lipinski definition) is 24. The minimum atomic E-state index is -0.760. The highest BCUT2D eigenvalue weighted by Crippen LogP contribution is 2.64. The molecule has 0 fully saturated rings. The van der Waals surface area contributed by atoms with Gasteiger partial charge in [-0.1, -0.05) is 0 Å². The van der Waals surface area contributed by atoms with E-state index in [1.165, 1.54) is 46.9 Å². The van der Waals surface area contributed by atoms with Crippen LogP contribution in [0.3, 0.4) is 0 Å². The van der Waals surface area contributed by atoms with Gasteiger partial charge in [-0.25, -0.2) is 9.97 Å². The van der Waals surface area contributed by atoms with Gasteiger partial charge in [0.2, 0.25) is 0 Å². The molecule has 15 rings (SSSR count). The van der Waals surface area contributed by atoms with Crippen molar-refractivity contribution in [2.24, 2.45) is 8.73 Å². The van der Waals surface area contributed by atoms with Crippen LogP contribution < -0.4 is 14.2 Å². The molecular weight excluding hydrogens is 1330 g/mol. The van der Waals surface area contributed by atoms with Crippen LogP contribution in [0.5, 0.6) is 17.2 Å². The summed E-state index contributed by atoms with van der Waals surface area (Å²) in [5, 5.41) is 79.8. The molecule has 0 spiro atoms. The smallest absolute Gasteiger partial charge is 0.194 e. The first-order valence-electron chi connectivity index (χ1n) is 28.0. The number of thiophene rings is 7. The summed E-state index contributed by atoms with van der Waals surface area (Å²) in [6, 6.07) is 31.3. The monoisotopic (exact) mass is 1360 g/mol. The molecule has 0 unspecified atom stereocenters. The fraction of sp³-hybridized carbons (Fsp3) is 0.130. The lowest BCUT2D eigenvalue weighted by Crippen LogP contribution is -2.27. The Balaban J connectivity index is 0.780. The van der Waals surface area contributed by atoms with Crippen molar-refractivity contribution in [2.45, 2.75) is 52.7 Å². The van der Waals surface area contributed by atoms with E-state index < -0.39 is 22.8 Å². The second-order valence-electron chi connectivity index (χ2n) is 22.8. The summed E-state index contributed by atoms with van der Waals surface area (Å²) >= 11 is 11.9. The molecule has 0 saturated heterocycles. The first kappa shape index (κ1) is 59.4. The van der Waals surface area contributed by atoms with Gasteiger partial charge >= 0.3 is 0 Å². The number of allylic oxidation sites excluding steroid dienone is 6. The lowest BCUT2D eigenvalue weighted by Gasteiger charge is -2.31. The lowest BCUT2D eigenvalue weighted by atomic mass is 9.95. The van der Waals surface area contributed by atoms with E-state index in [0.717, 1.165) is 92.4 Å². The molecule has 0 atom stereocenters.